The molecule has 0 unspecified atom stereocenters. The molecule has 2 aromatic rings. The third-order valence-electron chi connectivity index (χ3n) is 3.85. The zero-order valence-corrected chi connectivity index (χ0v) is 14.5. The smallest absolute Gasteiger partial charge is 0.226 e. The van der Waals surface area contributed by atoms with Gasteiger partial charge >= 0.3 is 0 Å². The molecule has 0 aliphatic heterocycles. The van der Waals surface area contributed by atoms with Crippen LogP contribution in [-0.2, 0) is 9.59 Å². The molecule has 2 aromatic carbocycles. The molecule has 24 heavy (non-hydrogen) atoms. The summed E-state index contributed by atoms with van der Waals surface area (Å²) in [4.78, 5) is 25.9. The van der Waals surface area contributed by atoms with E-state index >= 15 is 0 Å². The quantitative estimate of drug-likeness (QED) is 0.866. The van der Waals surface area contributed by atoms with E-state index in [1.165, 1.54) is 6.92 Å². The van der Waals surface area contributed by atoms with Gasteiger partial charge < -0.3 is 10.2 Å². The number of amides is 2. The largest absolute Gasteiger partial charge is 0.326 e. The Kier molecular flexibility index (Phi) is 6.13. The number of carbonyl (C=O) groups excluding carboxylic acids is 2. The molecule has 0 fully saturated rings. The molecule has 0 aliphatic rings. The summed E-state index contributed by atoms with van der Waals surface area (Å²) in [5.74, 6) is 0.145. The number of hydrogen-bond acceptors (Lipinski definition) is 2. The zero-order valence-electron chi connectivity index (χ0n) is 14.5. The molecule has 0 atom stereocenters. The minimum absolute atomic E-state index is 0.0596. The Hall–Kier alpha value is -2.62. The van der Waals surface area contributed by atoms with E-state index in [9.17, 15) is 9.59 Å². The van der Waals surface area contributed by atoms with E-state index in [2.05, 4.69) is 19.2 Å². The Morgan fingerprint density at radius 1 is 1.00 bits per heavy atom. The summed E-state index contributed by atoms with van der Waals surface area (Å²) in [5, 5.41) is 2.85. The predicted molar refractivity (Wildman–Crippen MR) is 98.2 cm³/mol. The highest BCUT2D eigenvalue weighted by Crippen LogP contribution is 2.27. The van der Waals surface area contributed by atoms with E-state index in [0.29, 0.717) is 12.5 Å². The van der Waals surface area contributed by atoms with Gasteiger partial charge in [-0.05, 0) is 29.7 Å². The van der Waals surface area contributed by atoms with Crippen LogP contribution in [0, 0.1) is 0 Å². The summed E-state index contributed by atoms with van der Waals surface area (Å²) < 4.78 is 0. The van der Waals surface area contributed by atoms with Crippen molar-refractivity contribution >= 4 is 23.2 Å². The molecule has 0 saturated heterocycles. The average molecular weight is 324 g/mol. The Labute approximate surface area is 143 Å². The fourth-order valence-corrected chi connectivity index (χ4v) is 2.63. The lowest BCUT2D eigenvalue weighted by Gasteiger charge is -2.25. The van der Waals surface area contributed by atoms with Gasteiger partial charge in [-0.3, -0.25) is 9.59 Å². The summed E-state index contributed by atoms with van der Waals surface area (Å²) in [6.45, 7) is 6.09. The van der Waals surface area contributed by atoms with Gasteiger partial charge in [0.25, 0.3) is 0 Å². The Balaban J connectivity index is 2.07. The van der Waals surface area contributed by atoms with Gasteiger partial charge in [0.15, 0.2) is 0 Å². The fraction of sp³-hybridized carbons (Fsp3) is 0.300. The molecule has 0 radical (unpaired) electrons. The van der Waals surface area contributed by atoms with Crippen molar-refractivity contribution in [2.75, 3.05) is 16.8 Å². The number of benzene rings is 2. The third kappa shape index (κ3) is 4.69. The van der Waals surface area contributed by atoms with Crippen molar-refractivity contribution < 1.29 is 9.59 Å². The number of nitrogens with zero attached hydrogens (tertiary/aromatic N) is 1. The van der Waals surface area contributed by atoms with E-state index in [1.807, 2.05) is 54.6 Å². The van der Waals surface area contributed by atoms with Gasteiger partial charge in [0.2, 0.25) is 11.8 Å². The molecular formula is C20H24N2O2. The van der Waals surface area contributed by atoms with Crippen molar-refractivity contribution in [1.29, 1.82) is 0 Å². The lowest BCUT2D eigenvalue weighted by Crippen LogP contribution is -2.32. The standard InChI is InChI=1S/C20H24N2O2/c1-15(2)18-11-7-8-12-19(18)22(16(3)23)14-13-20(24)21-17-9-5-4-6-10-17/h4-12,15H,13-14H2,1-3H3,(H,21,24). The Bertz CT molecular complexity index is 696. The number of hydrogen-bond donors (Lipinski definition) is 1. The number of anilines is 2. The van der Waals surface area contributed by atoms with Crippen LogP contribution in [0.25, 0.3) is 0 Å². The Morgan fingerprint density at radius 3 is 2.25 bits per heavy atom. The molecule has 1 N–H and O–H groups in total. The third-order valence-corrected chi connectivity index (χ3v) is 3.85. The second-order valence-corrected chi connectivity index (χ2v) is 6.05. The maximum absolute atomic E-state index is 12.1. The van der Waals surface area contributed by atoms with Crippen LogP contribution >= 0.6 is 0 Å². The predicted octanol–water partition coefficient (Wildman–Crippen LogP) is 4.19. The molecule has 0 aliphatic carbocycles. The minimum Gasteiger partial charge on any atom is -0.326 e. The van der Waals surface area contributed by atoms with Crippen LogP contribution in [0.4, 0.5) is 11.4 Å². The highest BCUT2D eigenvalue weighted by Gasteiger charge is 2.17. The van der Waals surface area contributed by atoms with E-state index in [-0.39, 0.29) is 18.2 Å². The van der Waals surface area contributed by atoms with E-state index in [1.54, 1.807) is 4.90 Å². The normalized spacial score (nSPS) is 10.5. The van der Waals surface area contributed by atoms with Crippen LogP contribution in [0.1, 0.15) is 38.7 Å². The SMILES string of the molecule is CC(=O)N(CCC(=O)Nc1ccccc1)c1ccccc1C(C)C. The molecule has 0 heterocycles. The van der Waals surface area contributed by atoms with Crippen molar-refractivity contribution in [3.8, 4) is 0 Å². The van der Waals surface area contributed by atoms with Crippen LogP contribution in [0.15, 0.2) is 54.6 Å². The number of para-hydroxylation sites is 2. The van der Waals surface area contributed by atoms with E-state index in [4.69, 9.17) is 0 Å². The van der Waals surface area contributed by atoms with Gasteiger partial charge in [0.1, 0.15) is 0 Å². The van der Waals surface area contributed by atoms with E-state index in [0.717, 1.165) is 16.9 Å². The Morgan fingerprint density at radius 2 is 1.62 bits per heavy atom. The molecule has 4 heteroatoms. The minimum atomic E-state index is -0.102. The van der Waals surface area contributed by atoms with Crippen molar-refractivity contribution in [2.24, 2.45) is 0 Å². The fourth-order valence-electron chi connectivity index (χ4n) is 2.63. The molecule has 2 amide bonds. The molecule has 0 spiro atoms. The van der Waals surface area contributed by atoms with Gasteiger partial charge in [-0.25, -0.2) is 0 Å². The van der Waals surface area contributed by atoms with Crippen LogP contribution in [-0.4, -0.2) is 18.4 Å². The first-order valence-corrected chi connectivity index (χ1v) is 8.21. The topological polar surface area (TPSA) is 49.4 Å². The molecule has 0 saturated carbocycles. The highest BCUT2D eigenvalue weighted by atomic mass is 16.2. The van der Waals surface area contributed by atoms with Crippen molar-refractivity contribution in [1.82, 2.24) is 0 Å². The average Bonchev–Trinajstić information content (AvgIpc) is 2.56. The van der Waals surface area contributed by atoms with Crippen LogP contribution in [0.5, 0.6) is 0 Å². The van der Waals surface area contributed by atoms with Gasteiger partial charge in [0, 0.05) is 31.3 Å². The second-order valence-electron chi connectivity index (χ2n) is 6.05. The van der Waals surface area contributed by atoms with Crippen LogP contribution < -0.4 is 10.2 Å². The molecule has 4 nitrogen and oxygen atoms in total. The second kappa shape index (κ2) is 8.29. The molecule has 2 rings (SSSR count). The summed E-state index contributed by atoms with van der Waals surface area (Å²) in [7, 11) is 0. The van der Waals surface area contributed by atoms with Gasteiger partial charge in [-0.1, -0.05) is 50.2 Å². The van der Waals surface area contributed by atoms with Crippen LogP contribution in [0.3, 0.4) is 0 Å². The van der Waals surface area contributed by atoms with E-state index < -0.39 is 0 Å². The zero-order chi connectivity index (χ0) is 17.5. The number of nitrogens with one attached hydrogen (secondary N) is 1. The summed E-state index contributed by atoms with van der Waals surface area (Å²) in [5.41, 5.74) is 2.75. The molecular weight excluding hydrogens is 300 g/mol. The van der Waals surface area contributed by atoms with Gasteiger partial charge in [0.05, 0.1) is 0 Å². The number of carbonyl (C=O) groups is 2. The summed E-state index contributed by atoms with van der Waals surface area (Å²) in [6.07, 6.45) is 0.251. The van der Waals surface area contributed by atoms with Crippen LogP contribution in [0.2, 0.25) is 0 Å². The first kappa shape index (κ1) is 17.7. The maximum atomic E-state index is 12.1. The van der Waals surface area contributed by atoms with Crippen molar-refractivity contribution in [3.05, 3.63) is 60.2 Å². The molecule has 0 bridgehead atoms. The first-order chi connectivity index (χ1) is 11.5. The van der Waals surface area contributed by atoms with Crippen molar-refractivity contribution in [2.45, 2.75) is 33.1 Å². The summed E-state index contributed by atoms with van der Waals surface area (Å²) in [6, 6.07) is 17.2. The molecule has 0 aromatic heterocycles. The summed E-state index contributed by atoms with van der Waals surface area (Å²) >= 11 is 0. The maximum Gasteiger partial charge on any atom is 0.226 e. The lowest BCUT2D eigenvalue weighted by molar-refractivity contribution is -0.117. The lowest BCUT2D eigenvalue weighted by atomic mass is 10.0. The highest BCUT2D eigenvalue weighted by molar-refractivity contribution is 5.95. The monoisotopic (exact) mass is 324 g/mol. The first-order valence-electron chi connectivity index (χ1n) is 8.21. The van der Waals surface area contributed by atoms with Crippen molar-refractivity contribution in [3.63, 3.8) is 0 Å². The number of rotatable bonds is 6. The molecule has 126 valence electrons. The van der Waals surface area contributed by atoms with Gasteiger partial charge in [-0.2, -0.15) is 0 Å². The van der Waals surface area contributed by atoms with Gasteiger partial charge in [-0.15, -0.1) is 0 Å².